The molecular formula is C28H26N4O3S. The van der Waals surface area contributed by atoms with Gasteiger partial charge in [0.05, 0.1) is 17.1 Å². The maximum absolute atomic E-state index is 13.1. The molecule has 0 saturated carbocycles. The van der Waals surface area contributed by atoms with Crippen molar-refractivity contribution in [2.24, 2.45) is 0 Å². The number of rotatable bonds is 5. The molecule has 0 spiro atoms. The molecule has 0 fully saturated rings. The number of nitrogens with one attached hydrogen (secondary N) is 1. The van der Waals surface area contributed by atoms with Crippen molar-refractivity contribution in [1.82, 2.24) is 9.97 Å². The molecule has 0 bridgehead atoms. The third-order valence-corrected chi connectivity index (χ3v) is 7.30. The first-order valence-electron chi connectivity index (χ1n) is 11.7. The Labute approximate surface area is 213 Å². The van der Waals surface area contributed by atoms with E-state index in [0.29, 0.717) is 11.4 Å². The number of aryl methyl sites for hydroxylation is 2. The van der Waals surface area contributed by atoms with Crippen LogP contribution in [0.1, 0.15) is 22.9 Å². The van der Waals surface area contributed by atoms with Gasteiger partial charge in [0.25, 0.3) is 5.91 Å². The third-order valence-electron chi connectivity index (χ3n) is 6.30. The van der Waals surface area contributed by atoms with Crippen LogP contribution in [0.3, 0.4) is 0 Å². The Morgan fingerprint density at radius 1 is 1.11 bits per heavy atom. The van der Waals surface area contributed by atoms with Crippen molar-refractivity contribution in [2.75, 3.05) is 16.8 Å². The summed E-state index contributed by atoms with van der Waals surface area (Å²) in [6.45, 7) is 7.54. The van der Waals surface area contributed by atoms with E-state index in [9.17, 15) is 9.59 Å². The molecule has 1 unspecified atom stereocenters. The summed E-state index contributed by atoms with van der Waals surface area (Å²) in [6, 6.07) is 17.1. The first-order chi connectivity index (χ1) is 17.3. The van der Waals surface area contributed by atoms with Crippen LogP contribution in [0.25, 0.3) is 22.0 Å². The van der Waals surface area contributed by atoms with Gasteiger partial charge >= 0.3 is 0 Å². The van der Waals surface area contributed by atoms with E-state index in [-0.39, 0.29) is 18.4 Å². The van der Waals surface area contributed by atoms with Crippen LogP contribution < -0.4 is 15.0 Å². The molecule has 1 aliphatic heterocycles. The molecule has 2 aromatic carbocycles. The second kappa shape index (κ2) is 9.54. The van der Waals surface area contributed by atoms with E-state index >= 15 is 0 Å². The number of fused-ring (bicyclic) bond motifs is 1. The number of hydrogen-bond donors (Lipinski definition) is 1. The predicted octanol–water partition coefficient (Wildman–Crippen LogP) is 5.55. The zero-order chi connectivity index (χ0) is 25.4. The lowest BCUT2D eigenvalue weighted by Gasteiger charge is -2.33. The summed E-state index contributed by atoms with van der Waals surface area (Å²) in [7, 11) is 0. The van der Waals surface area contributed by atoms with Crippen LogP contribution >= 0.6 is 11.3 Å². The quantitative estimate of drug-likeness (QED) is 0.390. The summed E-state index contributed by atoms with van der Waals surface area (Å²) in [5, 5.41) is 3.78. The number of carbonyl (C=O) groups excluding carboxylic acids is 2. The van der Waals surface area contributed by atoms with Crippen molar-refractivity contribution in [3.05, 3.63) is 76.8 Å². The molecule has 1 aliphatic rings. The van der Waals surface area contributed by atoms with Crippen molar-refractivity contribution in [2.45, 2.75) is 33.8 Å². The lowest BCUT2D eigenvalue weighted by molar-refractivity contribution is -0.127. The van der Waals surface area contributed by atoms with E-state index in [0.717, 1.165) is 43.7 Å². The van der Waals surface area contributed by atoms with Crippen molar-refractivity contribution in [3.63, 3.8) is 0 Å². The van der Waals surface area contributed by atoms with E-state index in [1.54, 1.807) is 24.5 Å². The number of hydrogen-bond acceptors (Lipinski definition) is 6. The molecule has 8 heteroatoms. The van der Waals surface area contributed by atoms with E-state index < -0.39 is 6.10 Å². The second-order valence-corrected chi connectivity index (χ2v) is 10.0. The molecule has 1 atom stereocenters. The number of amides is 2. The molecule has 5 rings (SSSR count). The first-order valence-corrected chi connectivity index (χ1v) is 12.5. The highest BCUT2D eigenvalue weighted by Crippen LogP contribution is 2.40. The largest absolute Gasteiger partial charge is 0.479 e. The fourth-order valence-electron chi connectivity index (χ4n) is 4.20. The van der Waals surface area contributed by atoms with Crippen molar-refractivity contribution in [1.29, 1.82) is 0 Å². The Hall–Kier alpha value is -4.04. The molecule has 0 saturated heterocycles. The number of carbonyl (C=O) groups is 2. The molecule has 4 aromatic rings. The molecule has 3 heterocycles. The zero-order valence-electron chi connectivity index (χ0n) is 20.5. The maximum atomic E-state index is 13.1. The van der Waals surface area contributed by atoms with Gasteiger partial charge in [-0.2, -0.15) is 0 Å². The van der Waals surface area contributed by atoms with Gasteiger partial charge in [-0.3, -0.25) is 19.5 Å². The Kier molecular flexibility index (Phi) is 6.28. The Balaban J connectivity index is 1.46. The fourth-order valence-corrected chi connectivity index (χ4v) is 5.11. The van der Waals surface area contributed by atoms with Gasteiger partial charge in [0, 0.05) is 22.3 Å². The minimum absolute atomic E-state index is 0.119. The summed E-state index contributed by atoms with van der Waals surface area (Å²) in [5.74, 6) is 0.0212. The monoisotopic (exact) mass is 498 g/mol. The number of aromatic nitrogens is 2. The fraction of sp³-hybridized carbons (Fsp3) is 0.214. The van der Waals surface area contributed by atoms with Crippen molar-refractivity contribution in [3.8, 4) is 27.7 Å². The molecule has 182 valence electrons. The normalized spacial score (nSPS) is 14.8. The van der Waals surface area contributed by atoms with Crippen molar-refractivity contribution < 1.29 is 14.3 Å². The minimum atomic E-state index is -0.686. The molecule has 36 heavy (non-hydrogen) atoms. The smallest absolute Gasteiger partial charge is 0.268 e. The van der Waals surface area contributed by atoms with Gasteiger partial charge in [-0.15, -0.1) is 11.3 Å². The number of benzene rings is 2. The van der Waals surface area contributed by atoms with Crippen LogP contribution in [0.15, 0.2) is 60.8 Å². The zero-order valence-corrected chi connectivity index (χ0v) is 21.3. The standard InChI is InChI=1S/C28H26N4O3S/c1-16-8-7-10-21(17(16)2)30-25(33)15-32-23-14-20(11-12-24(23)35-18(3)28(32)34)26-19(4)36-27(31-26)22-9-5-6-13-29-22/h5-14,18H,15H2,1-4H3,(H,30,33). The summed E-state index contributed by atoms with van der Waals surface area (Å²) < 4.78 is 5.85. The van der Waals surface area contributed by atoms with Crippen LogP contribution in [-0.2, 0) is 9.59 Å². The SMILES string of the molecule is Cc1cccc(NC(=O)CN2C(=O)C(C)Oc3ccc(-c4nc(-c5ccccn5)sc4C)cc32)c1C. The van der Waals surface area contributed by atoms with E-state index in [1.807, 2.05) is 75.4 Å². The second-order valence-electron chi connectivity index (χ2n) is 8.80. The van der Waals surface area contributed by atoms with Crippen LogP contribution in [0.5, 0.6) is 5.75 Å². The highest BCUT2D eigenvalue weighted by atomic mass is 32.1. The molecule has 7 nitrogen and oxygen atoms in total. The van der Waals surface area contributed by atoms with Gasteiger partial charge in [0.2, 0.25) is 5.91 Å². The molecule has 2 amide bonds. The van der Waals surface area contributed by atoms with Gasteiger partial charge in [0.1, 0.15) is 17.3 Å². The summed E-state index contributed by atoms with van der Waals surface area (Å²) in [5.41, 5.74) is 5.85. The van der Waals surface area contributed by atoms with Gasteiger partial charge in [-0.25, -0.2) is 4.98 Å². The molecule has 0 radical (unpaired) electrons. The molecular weight excluding hydrogens is 472 g/mol. The van der Waals surface area contributed by atoms with E-state index in [2.05, 4.69) is 10.3 Å². The summed E-state index contributed by atoms with van der Waals surface area (Å²) in [4.78, 5) is 37.9. The topological polar surface area (TPSA) is 84.4 Å². The number of pyridine rings is 1. The van der Waals surface area contributed by atoms with E-state index in [4.69, 9.17) is 9.72 Å². The molecule has 1 N–H and O–H groups in total. The van der Waals surface area contributed by atoms with Crippen molar-refractivity contribution >= 4 is 34.5 Å². The van der Waals surface area contributed by atoms with Crippen LogP contribution in [0.4, 0.5) is 11.4 Å². The number of nitrogens with zero attached hydrogens (tertiary/aromatic N) is 3. The Bertz CT molecular complexity index is 1470. The van der Waals surface area contributed by atoms with Gasteiger partial charge in [-0.05, 0) is 75.2 Å². The number of anilines is 2. The highest BCUT2D eigenvalue weighted by Gasteiger charge is 2.33. The average Bonchev–Trinajstić information content (AvgIpc) is 3.27. The van der Waals surface area contributed by atoms with Gasteiger partial charge < -0.3 is 10.1 Å². The maximum Gasteiger partial charge on any atom is 0.268 e. The molecule has 0 aliphatic carbocycles. The lowest BCUT2D eigenvalue weighted by atomic mass is 10.1. The minimum Gasteiger partial charge on any atom is -0.479 e. The summed E-state index contributed by atoms with van der Waals surface area (Å²) in [6.07, 6.45) is 1.06. The summed E-state index contributed by atoms with van der Waals surface area (Å²) >= 11 is 1.57. The third kappa shape index (κ3) is 4.47. The highest BCUT2D eigenvalue weighted by molar-refractivity contribution is 7.15. The number of thiazole rings is 1. The average molecular weight is 499 g/mol. The van der Waals surface area contributed by atoms with Crippen LogP contribution in [0.2, 0.25) is 0 Å². The van der Waals surface area contributed by atoms with Crippen LogP contribution in [-0.4, -0.2) is 34.4 Å². The van der Waals surface area contributed by atoms with E-state index in [1.165, 1.54) is 4.90 Å². The lowest BCUT2D eigenvalue weighted by Crippen LogP contribution is -2.47. The van der Waals surface area contributed by atoms with Crippen LogP contribution in [0, 0.1) is 20.8 Å². The van der Waals surface area contributed by atoms with Gasteiger partial charge in [0.15, 0.2) is 6.10 Å². The Morgan fingerprint density at radius 2 is 1.94 bits per heavy atom. The Morgan fingerprint density at radius 3 is 2.72 bits per heavy atom. The first kappa shape index (κ1) is 23.7. The van der Waals surface area contributed by atoms with Gasteiger partial charge in [-0.1, -0.05) is 18.2 Å². The number of ether oxygens (including phenoxy) is 1. The predicted molar refractivity (Wildman–Crippen MR) is 143 cm³/mol. The molecule has 2 aromatic heterocycles.